The van der Waals surface area contributed by atoms with Gasteiger partial charge >= 0.3 is 0 Å². The van der Waals surface area contributed by atoms with E-state index in [1.807, 2.05) is 6.92 Å². The molecular formula is C21H25N3O6S. The molecule has 0 unspecified atom stereocenters. The molecule has 1 amide bonds. The molecule has 1 saturated heterocycles. The number of ether oxygens (including phenoxy) is 1. The molecule has 1 aliphatic heterocycles. The number of nitrogens with one attached hydrogen (secondary N) is 1. The summed E-state index contributed by atoms with van der Waals surface area (Å²) in [5.41, 5.74) is -0.0143. The second-order valence-corrected chi connectivity index (χ2v) is 9.28. The lowest BCUT2D eigenvalue weighted by Crippen LogP contribution is -2.48. The van der Waals surface area contributed by atoms with E-state index in [0.29, 0.717) is 38.2 Å². The van der Waals surface area contributed by atoms with Crippen LogP contribution < -0.4 is 10.1 Å². The molecule has 0 radical (unpaired) electrons. The van der Waals surface area contributed by atoms with E-state index < -0.39 is 21.0 Å². The highest BCUT2D eigenvalue weighted by Gasteiger charge is 2.39. The highest BCUT2D eigenvalue weighted by molar-refractivity contribution is 7.89. The maximum Gasteiger partial charge on any atom is 0.269 e. The Morgan fingerprint density at radius 3 is 2.55 bits per heavy atom. The summed E-state index contributed by atoms with van der Waals surface area (Å²) in [4.78, 5) is 23.1. The summed E-state index contributed by atoms with van der Waals surface area (Å²) in [6, 6.07) is 12.9. The highest BCUT2D eigenvalue weighted by atomic mass is 32.2. The number of amides is 1. The van der Waals surface area contributed by atoms with Crippen molar-refractivity contribution in [3.05, 3.63) is 64.7 Å². The van der Waals surface area contributed by atoms with Gasteiger partial charge in [0.1, 0.15) is 11.8 Å². The Balaban J connectivity index is 1.52. The first-order chi connectivity index (χ1) is 14.8. The SMILES string of the molecule is C[C@H](CCOc1ccc([N+](=O)[O-])cc1)NC(=O)[C@@H]1CCCN1S(=O)(=O)c1ccccc1. The van der Waals surface area contributed by atoms with Gasteiger partial charge in [0, 0.05) is 31.1 Å². The Kier molecular flexibility index (Phi) is 7.24. The zero-order valence-electron chi connectivity index (χ0n) is 17.1. The first kappa shape index (κ1) is 22.7. The van der Waals surface area contributed by atoms with Gasteiger partial charge in [-0.1, -0.05) is 18.2 Å². The predicted molar refractivity (Wildman–Crippen MR) is 114 cm³/mol. The van der Waals surface area contributed by atoms with E-state index in [0.717, 1.165) is 0 Å². The van der Waals surface area contributed by atoms with Gasteiger partial charge in [0.25, 0.3) is 5.69 Å². The Bertz CT molecular complexity index is 1010. The van der Waals surface area contributed by atoms with Gasteiger partial charge in [-0.2, -0.15) is 4.31 Å². The number of sulfonamides is 1. The van der Waals surface area contributed by atoms with Crippen LogP contribution in [0.2, 0.25) is 0 Å². The predicted octanol–water partition coefficient (Wildman–Crippen LogP) is 2.72. The molecule has 0 saturated carbocycles. The van der Waals surface area contributed by atoms with E-state index in [1.54, 1.807) is 18.2 Å². The number of hydrogen-bond donors (Lipinski definition) is 1. The van der Waals surface area contributed by atoms with E-state index in [4.69, 9.17) is 4.74 Å². The highest BCUT2D eigenvalue weighted by Crippen LogP contribution is 2.26. The standard InChI is InChI=1S/C21H25N3O6S/c1-16(13-15-30-18-11-9-17(10-12-18)24(26)27)22-21(25)20-8-5-14-23(20)31(28,29)19-6-3-2-4-7-19/h2-4,6-7,9-12,16,20H,5,8,13-15H2,1H3,(H,22,25)/t16-,20+/m1/s1. The lowest BCUT2D eigenvalue weighted by atomic mass is 10.2. The van der Waals surface area contributed by atoms with Crippen molar-refractivity contribution in [2.45, 2.75) is 43.2 Å². The Morgan fingerprint density at radius 1 is 1.23 bits per heavy atom. The number of nitrogens with zero attached hydrogens (tertiary/aromatic N) is 2. The number of carbonyl (C=O) groups is 1. The molecule has 1 N–H and O–H groups in total. The lowest BCUT2D eigenvalue weighted by molar-refractivity contribution is -0.384. The average molecular weight is 448 g/mol. The third kappa shape index (κ3) is 5.59. The van der Waals surface area contributed by atoms with Gasteiger partial charge < -0.3 is 10.1 Å². The summed E-state index contributed by atoms with van der Waals surface area (Å²) in [5.74, 6) is 0.180. The fourth-order valence-electron chi connectivity index (χ4n) is 3.45. The number of carbonyl (C=O) groups excluding carboxylic acids is 1. The number of hydrogen-bond acceptors (Lipinski definition) is 6. The summed E-state index contributed by atoms with van der Waals surface area (Å²) >= 11 is 0. The maximum atomic E-state index is 12.9. The van der Waals surface area contributed by atoms with Gasteiger partial charge in [0.05, 0.1) is 16.4 Å². The van der Waals surface area contributed by atoms with Crippen LogP contribution in [0.1, 0.15) is 26.2 Å². The third-order valence-corrected chi connectivity index (χ3v) is 7.03. The van der Waals surface area contributed by atoms with Gasteiger partial charge in [-0.3, -0.25) is 14.9 Å². The van der Waals surface area contributed by atoms with Crippen LogP contribution >= 0.6 is 0 Å². The molecular weight excluding hydrogens is 422 g/mol. The number of non-ortho nitro benzene ring substituents is 1. The van der Waals surface area contributed by atoms with Crippen molar-refractivity contribution < 1.29 is 22.9 Å². The summed E-state index contributed by atoms with van der Waals surface area (Å²) in [7, 11) is -3.73. The molecule has 0 aliphatic carbocycles. The zero-order valence-corrected chi connectivity index (χ0v) is 18.0. The molecule has 0 spiro atoms. The van der Waals surface area contributed by atoms with Gasteiger partial charge in [0.15, 0.2) is 0 Å². The zero-order chi connectivity index (χ0) is 22.4. The molecule has 1 fully saturated rings. The molecule has 0 aromatic heterocycles. The number of benzene rings is 2. The molecule has 0 bridgehead atoms. The van der Waals surface area contributed by atoms with Crippen LogP contribution in [-0.4, -0.2) is 48.8 Å². The van der Waals surface area contributed by atoms with Crippen LogP contribution in [0.15, 0.2) is 59.5 Å². The van der Waals surface area contributed by atoms with Gasteiger partial charge in [0.2, 0.25) is 15.9 Å². The molecule has 2 aromatic carbocycles. The van der Waals surface area contributed by atoms with Crippen molar-refractivity contribution in [1.82, 2.24) is 9.62 Å². The van der Waals surface area contributed by atoms with E-state index in [1.165, 1.54) is 40.7 Å². The van der Waals surface area contributed by atoms with Crippen molar-refractivity contribution in [2.75, 3.05) is 13.2 Å². The Hall–Kier alpha value is -2.98. The van der Waals surface area contributed by atoms with Crippen LogP contribution in [0.25, 0.3) is 0 Å². The van der Waals surface area contributed by atoms with Crippen molar-refractivity contribution in [1.29, 1.82) is 0 Å². The number of nitro groups is 1. The van der Waals surface area contributed by atoms with E-state index in [2.05, 4.69) is 5.32 Å². The fourth-order valence-corrected chi connectivity index (χ4v) is 5.12. The maximum absolute atomic E-state index is 12.9. The average Bonchev–Trinajstić information content (AvgIpc) is 3.26. The monoisotopic (exact) mass is 447 g/mol. The summed E-state index contributed by atoms with van der Waals surface area (Å²) in [6.45, 7) is 2.44. The molecule has 2 aromatic rings. The van der Waals surface area contributed by atoms with Crippen LogP contribution in [0.5, 0.6) is 5.75 Å². The van der Waals surface area contributed by atoms with Gasteiger partial charge in [-0.05, 0) is 44.0 Å². The Morgan fingerprint density at radius 2 is 1.90 bits per heavy atom. The van der Waals surface area contributed by atoms with Crippen molar-refractivity contribution in [3.8, 4) is 5.75 Å². The second kappa shape index (κ2) is 9.88. The molecule has 2 atom stereocenters. The second-order valence-electron chi connectivity index (χ2n) is 7.38. The summed E-state index contributed by atoms with van der Waals surface area (Å²) in [6.07, 6.45) is 1.60. The normalized spacial score (nSPS) is 17.8. The molecule has 1 aliphatic rings. The van der Waals surface area contributed by atoms with Crippen molar-refractivity contribution >= 4 is 21.6 Å². The smallest absolute Gasteiger partial charge is 0.269 e. The number of rotatable bonds is 9. The van der Waals surface area contributed by atoms with Crippen LogP contribution in [0.3, 0.4) is 0 Å². The molecule has 9 nitrogen and oxygen atoms in total. The van der Waals surface area contributed by atoms with E-state index in [-0.39, 0.29) is 22.5 Å². The summed E-state index contributed by atoms with van der Waals surface area (Å²) < 4.78 is 32.7. The molecule has 166 valence electrons. The quantitative estimate of drug-likeness (QED) is 0.466. The van der Waals surface area contributed by atoms with Gasteiger partial charge in [-0.15, -0.1) is 0 Å². The van der Waals surface area contributed by atoms with Crippen LogP contribution in [-0.2, 0) is 14.8 Å². The molecule has 3 rings (SSSR count). The van der Waals surface area contributed by atoms with E-state index >= 15 is 0 Å². The topological polar surface area (TPSA) is 119 Å². The first-order valence-corrected chi connectivity index (χ1v) is 11.5. The molecule has 1 heterocycles. The Labute approximate surface area is 181 Å². The minimum absolute atomic E-state index is 0.0143. The third-order valence-electron chi connectivity index (χ3n) is 5.11. The van der Waals surface area contributed by atoms with Crippen molar-refractivity contribution in [3.63, 3.8) is 0 Å². The minimum atomic E-state index is -3.73. The first-order valence-electron chi connectivity index (χ1n) is 10.0. The minimum Gasteiger partial charge on any atom is -0.494 e. The van der Waals surface area contributed by atoms with Crippen LogP contribution in [0.4, 0.5) is 5.69 Å². The van der Waals surface area contributed by atoms with Gasteiger partial charge in [-0.25, -0.2) is 8.42 Å². The largest absolute Gasteiger partial charge is 0.494 e. The van der Waals surface area contributed by atoms with E-state index in [9.17, 15) is 23.3 Å². The summed E-state index contributed by atoms with van der Waals surface area (Å²) in [5, 5.41) is 13.5. The lowest BCUT2D eigenvalue weighted by Gasteiger charge is -2.25. The number of nitro benzene ring substituents is 1. The van der Waals surface area contributed by atoms with Crippen LogP contribution in [0, 0.1) is 10.1 Å². The molecule has 31 heavy (non-hydrogen) atoms. The fraction of sp³-hybridized carbons (Fsp3) is 0.381. The molecule has 10 heteroatoms. The van der Waals surface area contributed by atoms with Crippen molar-refractivity contribution in [2.24, 2.45) is 0 Å².